The van der Waals surface area contributed by atoms with Crippen LogP contribution in [-0.2, 0) is 28.6 Å². The van der Waals surface area contributed by atoms with Crippen molar-refractivity contribution in [3.8, 4) is 0 Å². The van der Waals surface area contributed by atoms with Crippen LogP contribution in [0.3, 0.4) is 0 Å². The van der Waals surface area contributed by atoms with Crippen LogP contribution >= 0.6 is 0 Å². The van der Waals surface area contributed by atoms with Crippen molar-refractivity contribution in [2.24, 2.45) is 0 Å². The molecule has 73 heavy (non-hydrogen) atoms. The lowest BCUT2D eigenvalue weighted by Crippen LogP contribution is -2.30. The topological polar surface area (TPSA) is 78.9 Å². The highest BCUT2D eigenvalue weighted by Crippen LogP contribution is 2.17. The van der Waals surface area contributed by atoms with E-state index in [1.165, 1.54) is 186 Å². The van der Waals surface area contributed by atoms with Gasteiger partial charge in [-0.25, -0.2) is 0 Å². The van der Waals surface area contributed by atoms with Crippen molar-refractivity contribution in [2.75, 3.05) is 13.2 Å². The van der Waals surface area contributed by atoms with E-state index in [0.29, 0.717) is 19.3 Å². The van der Waals surface area contributed by atoms with Gasteiger partial charge in [0.2, 0.25) is 0 Å². The average molecular weight is 1020 g/mol. The summed E-state index contributed by atoms with van der Waals surface area (Å²) in [6.45, 7) is 6.54. The Morgan fingerprint density at radius 3 is 0.863 bits per heavy atom. The number of rotatable bonds is 58. The molecule has 0 aromatic heterocycles. The number of carbonyl (C=O) groups excluding carboxylic acids is 3. The summed E-state index contributed by atoms with van der Waals surface area (Å²) in [4.78, 5) is 38.3. The second-order valence-corrected chi connectivity index (χ2v) is 21.3. The van der Waals surface area contributed by atoms with Gasteiger partial charge in [-0.05, 0) is 83.5 Å². The van der Waals surface area contributed by atoms with Crippen molar-refractivity contribution >= 4 is 17.9 Å². The molecule has 0 radical (unpaired) electrons. The summed E-state index contributed by atoms with van der Waals surface area (Å²) in [5.74, 6) is -0.882. The molecular formula is C67H120O6. The van der Waals surface area contributed by atoms with Crippen molar-refractivity contribution < 1.29 is 28.6 Å². The molecule has 424 valence electrons. The lowest BCUT2D eigenvalue weighted by atomic mass is 10.0. The summed E-state index contributed by atoms with van der Waals surface area (Å²) in [6.07, 6.45) is 77.9. The minimum atomic E-state index is -0.782. The van der Waals surface area contributed by atoms with Crippen molar-refractivity contribution in [3.63, 3.8) is 0 Å². The fourth-order valence-electron chi connectivity index (χ4n) is 9.25. The van der Waals surface area contributed by atoms with Gasteiger partial charge in [-0.15, -0.1) is 0 Å². The van der Waals surface area contributed by atoms with Gasteiger partial charge in [0.15, 0.2) is 6.10 Å². The van der Waals surface area contributed by atoms with Gasteiger partial charge >= 0.3 is 17.9 Å². The molecule has 0 fully saturated rings. The van der Waals surface area contributed by atoms with E-state index in [1.54, 1.807) is 0 Å². The van der Waals surface area contributed by atoms with Gasteiger partial charge in [-0.1, -0.05) is 287 Å². The molecule has 0 unspecified atom stereocenters. The normalized spacial score (nSPS) is 12.4. The van der Waals surface area contributed by atoms with E-state index in [1.807, 2.05) is 0 Å². The van der Waals surface area contributed by atoms with Gasteiger partial charge in [-0.2, -0.15) is 0 Å². The highest BCUT2D eigenvalue weighted by molar-refractivity contribution is 5.71. The van der Waals surface area contributed by atoms with Crippen LogP contribution in [0.5, 0.6) is 0 Å². The molecule has 0 saturated carbocycles. The number of allylic oxidation sites excluding steroid dienone is 10. The Kier molecular flexibility index (Phi) is 59.2. The minimum absolute atomic E-state index is 0.0792. The van der Waals surface area contributed by atoms with Gasteiger partial charge in [0, 0.05) is 19.3 Å². The number of hydrogen-bond donors (Lipinski definition) is 0. The summed E-state index contributed by atoms with van der Waals surface area (Å²) in [5.41, 5.74) is 0. The maximum absolute atomic E-state index is 12.9. The SMILES string of the molecule is CC/C=C\C/C=C\C/C=C\CCCCCCCC(=O)OC[C@H](COC(=O)CCCCCCCCCCC/C=C\C/C=C\CCCCC)OC(=O)CCCCCCCCCCCCCCCCCCCCCCC. The third-order valence-corrected chi connectivity index (χ3v) is 14.0. The van der Waals surface area contributed by atoms with Gasteiger partial charge in [0.1, 0.15) is 13.2 Å². The Hall–Kier alpha value is -2.89. The number of ether oxygens (including phenoxy) is 3. The third-order valence-electron chi connectivity index (χ3n) is 14.0. The van der Waals surface area contributed by atoms with Gasteiger partial charge in [0.25, 0.3) is 0 Å². The molecule has 0 aliphatic rings. The van der Waals surface area contributed by atoms with Crippen LogP contribution in [0.15, 0.2) is 60.8 Å². The molecule has 0 N–H and O–H groups in total. The zero-order chi connectivity index (χ0) is 52.9. The summed E-state index contributed by atoms with van der Waals surface area (Å²) in [5, 5.41) is 0. The van der Waals surface area contributed by atoms with Crippen LogP contribution in [0, 0.1) is 0 Å². The van der Waals surface area contributed by atoms with Gasteiger partial charge in [-0.3, -0.25) is 14.4 Å². The highest BCUT2D eigenvalue weighted by Gasteiger charge is 2.19. The lowest BCUT2D eigenvalue weighted by Gasteiger charge is -2.18. The van der Waals surface area contributed by atoms with Crippen LogP contribution in [0.2, 0.25) is 0 Å². The summed E-state index contributed by atoms with van der Waals surface area (Å²) in [6, 6.07) is 0. The molecule has 0 spiro atoms. The molecule has 0 heterocycles. The lowest BCUT2D eigenvalue weighted by molar-refractivity contribution is -0.167. The fourth-order valence-corrected chi connectivity index (χ4v) is 9.25. The predicted octanol–water partition coefficient (Wildman–Crippen LogP) is 21.6. The van der Waals surface area contributed by atoms with Crippen LogP contribution in [0.4, 0.5) is 0 Å². The summed E-state index contributed by atoms with van der Waals surface area (Å²) >= 11 is 0. The van der Waals surface area contributed by atoms with E-state index in [2.05, 4.69) is 81.5 Å². The van der Waals surface area contributed by atoms with Crippen molar-refractivity contribution in [3.05, 3.63) is 60.8 Å². The second-order valence-electron chi connectivity index (χ2n) is 21.3. The van der Waals surface area contributed by atoms with Crippen LogP contribution in [0.25, 0.3) is 0 Å². The van der Waals surface area contributed by atoms with E-state index < -0.39 is 6.10 Å². The molecule has 6 heteroatoms. The zero-order valence-corrected chi connectivity index (χ0v) is 48.7. The Balaban J connectivity index is 4.34. The molecule has 0 amide bonds. The molecular weight excluding hydrogens is 901 g/mol. The summed E-state index contributed by atoms with van der Waals surface area (Å²) < 4.78 is 16.9. The molecule has 0 aromatic rings. The van der Waals surface area contributed by atoms with E-state index in [0.717, 1.165) is 103 Å². The Bertz CT molecular complexity index is 1310. The molecule has 0 bridgehead atoms. The van der Waals surface area contributed by atoms with E-state index in [9.17, 15) is 14.4 Å². The van der Waals surface area contributed by atoms with E-state index >= 15 is 0 Å². The average Bonchev–Trinajstić information content (AvgIpc) is 3.39. The molecule has 0 rings (SSSR count). The molecule has 1 atom stereocenters. The van der Waals surface area contributed by atoms with Crippen LogP contribution in [-0.4, -0.2) is 37.2 Å². The first kappa shape index (κ1) is 70.1. The van der Waals surface area contributed by atoms with Crippen molar-refractivity contribution in [1.82, 2.24) is 0 Å². The smallest absolute Gasteiger partial charge is 0.306 e. The zero-order valence-electron chi connectivity index (χ0n) is 48.7. The van der Waals surface area contributed by atoms with Crippen LogP contribution < -0.4 is 0 Å². The first-order valence-electron chi connectivity index (χ1n) is 31.8. The standard InChI is InChI=1S/C67H120O6/c1-4-7-10-13-16-19-22-25-28-30-32-33-35-37-40-43-46-49-52-55-58-61-67(70)73-64(62-71-65(68)59-56-53-50-47-44-41-38-27-24-21-18-15-12-9-6-3)63-72-66(69)60-57-54-51-48-45-42-39-36-34-31-29-26-23-20-17-14-11-8-5-2/h9,12,17-18,20-21,26-27,29,38,64H,4-8,10-11,13-16,19,22-25,28,30-37,39-63H2,1-3H3/b12-9-,20-17-,21-18-,29-26-,38-27-/t64-/m1/s1. The monoisotopic (exact) mass is 1020 g/mol. The van der Waals surface area contributed by atoms with Gasteiger partial charge < -0.3 is 14.2 Å². The largest absolute Gasteiger partial charge is 0.462 e. The second kappa shape index (κ2) is 61.7. The highest BCUT2D eigenvalue weighted by atomic mass is 16.6. The van der Waals surface area contributed by atoms with E-state index in [4.69, 9.17) is 14.2 Å². The first-order chi connectivity index (χ1) is 36.0. The number of esters is 3. The van der Waals surface area contributed by atoms with Gasteiger partial charge in [0.05, 0.1) is 0 Å². The maximum atomic E-state index is 12.9. The first-order valence-corrected chi connectivity index (χ1v) is 31.8. The minimum Gasteiger partial charge on any atom is -0.462 e. The van der Waals surface area contributed by atoms with Crippen LogP contribution in [0.1, 0.15) is 329 Å². The third kappa shape index (κ3) is 59.9. The quantitative estimate of drug-likeness (QED) is 0.0261. The maximum Gasteiger partial charge on any atom is 0.306 e. The Labute approximate surface area is 453 Å². The Morgan fingerprint density at radius 2 is 0.534 bits per heavy atom. The Morgan fingerprint density at radius 1 is 0.288 bits per heavy atom. The van der Waals surface area contributed by atoms with Crippen molar-refractivity contribution in [1.29, 1.82) is 0 Å². The molecule has 6 nitrogen and oxygen atoms in total. The summed E-state index contributed by atoms with van der Waals surface area (Å²) in [7, 11) is 0. The molecule has 0 aliphatic heterocycles. The molecule has 0 saturated heterocycles. The predicted molar refractivity (Wildman–Crippen MR) is 316 cm³/mol. The van der Waals surface area contributed by atoms with E-state index in [-0.39, 0.29) is 31.1 Å². The molecule has 0 aromatic carbocycles. The van der Waals surface area contributed by atoms with Crippen molar-refractivity contribution in [2.45, 2.75) is 335 Å². The molecule has 0 aliphatic carbocycles. The fraction of sp³-hybridized carbons (Fsp3) is 0.806. The number of hydrogen-bond acceptors (Lipinski definition) is 6. The number of carbonyl (C=O) groups is 3. The number of unbranched alkanes of at least 4 members (excludes halogenated alkanes) is 37.